The molecule has 0 saturated heterocycles. The Morgan fingerprint density at radius 1 is 1.00 bits per heavy atom. The van der Waals surface area contributed by atoms with Crippen LogP contribution in [0.3, 0.4) is 0 Å². The summed E-state index contributed by atoms with van der Waals surface area (Å²) in [6, 6.07) is 12.0. The average Bonchev–Trinajstić information content (AvgIpc) is 2.62. The minimum absolute atomic E-state index is 0.0591. The van der Waals surface area contributed by atoms with Gasteiger partial charge in [0.2, 0.25) is 5.91 Å². The molecule has 0 bridgehead atoms. The molecule has 6 heteroatoms. The maximum Gasteiger partial charge on any atom is 0.262 e. The van der Waals surface area contributed by atoms with Gasteiger partial charge in [-0.15, -0.1) is 0 Å². The monoisotopic (exact) mass is 354 g/mol. The average molecular weight is 354 g/mol. The second-order valence-electron chi connectivity index (χ2n) is 5.85. The second kappa shape index (κ2) is 8.80. The zero-order chi connectivity index (χ0) is 19.1. The van der Waals surface area contributed by atoms with Crippen molar-refractivity contribution in [1.29, 1.82) is 0 Å². The molecule has 0 aliphatic rings. The fraction of sp³-hybridized carbons (Fsp3) is 0.250. The molecule has 0 aromatic heterocycles. The summed E-state index contributed by atoms with van der Waals surface area (Å²) in [4.78, 5) is 34.8. The van der Waals surface area contributed by atoms with Gasteiger partial charge in [-0.25, -0.2) is 0 Å². The van der Waals surface area contributed by atoms with Crippen LogP contribution in [-0.2, 0) is 9.59 Å². The van der Waals surface area contributed by atoms with E-state index >= 15 is 0 Å². The van der Waals surface area contributed by atoms with Crippen molar-refractivity contribution in [3.8, 4) is 5.75 Å². The van der Waals surface area contributed by atoms with Gasteiger partial charge in [-0.1, -0.05) is 13.0 Å². The third-order valence-electron chi connectivity index (χ3n) is 3.70. The number of carbonyl (C=O) groups is 3. The number of ether oxygens (including phenoxy) is 1. The highest BCUT2D eigenvalue weighted by atomic mass is 16.5. The number of carbonyl (C=O) groups excluding carboxylic acids is 3. The Morgan fingerprint density at radius 3 is 2.31 bits per heavy atom. The summed E-state index contributed by atoms with van der Waals surface area (Å²) < 4.78 is 5.45. The van der Waals surface area contributed by atoms with Crippen LogP contribution in [0.2, 0.25) is 0 Å². The van der Waals surface area contributed by atoms with Crippen LogP contribution in [0.25, 0.3) is 0 Å². The fourth-order valence-electron chi connectivity index (χ4n) is 2.31. The second-order valence-corrected chi connectivity index (χ2v) is 5.85. The number of ketones is 1. The first kappa shape index (κ1) is 19.2. The highest BCUT2D eigenvalue weighted by molar-refractivity contribution is 5.96. The highest BCUT2D eigenvalue weighted by Crippen LogP contribution is 2.20. The minimum atomic E-state index is -0.318. The van der Waals surface area contributed by atoms with E-state index in [0.29, 0.717) is 29.1 Å². The van der Waals surface area contributed by atoms with Crippen molar-refractivity contribution in [2.75, 3.05) is 17.2 Å². The molecule has 0 aliphatic heterocycles. The molecule has 136 valence electrons. The van der Waals surface area contributed by atoms with Gasteiger partial charge in [0.1, 0.15) is 5.75 Å². The maximum absolute atomic E-state index is 12.1. The van der Waals surface area contributed by atoms with E-state index in [1.807, 2.05) is 13.0 Å². The van der Waals surface area contributed by atoms with Gasteiger partial charge in [-0.05, 0) is 48.9 Å². The van der Waals surface area contributed by atoms with Crippen molar-refractivity contribution in [3.05, 3.63) is 53.6 Å². The van der Waals surface area contributed by atoms with Crippen molar-refractivity contribution < 1.29 is 19.1 Å². The number of amides is 2. The van der Waals surface area contributed by atoms with Crippen LogP contribution in [0, 0.1) is 6.92 Å². The van der Waals surface area contributed by atoms with E-state index in [1.165, 1.54) is 6.92 Å². The van der Waals surface area contributed by atoms with E-state index in [-0.39, 0.29) is 24.2 Å². The lowest BCUT2D eigenvalue weighted by Gasteiger charge is -2.12. The summed E-state index contributed by atoms with van der Waals surface area (Å²) >= 11 is 0. The number of Topliss-reactive ketones (excluding diaryl/α,β-unsaturated/α-hetero) is 1. The number of anilines is 2. The van der Waals surface area contributed by atoms with Crippen LogP contribution in [0.5, 0.6) is 5.75 Å². The zero-order valence-corrected chi connectivity index (χ0v) is 15.1. The molecule has 0 unspecified atom stereocenters. The number of aryl methyl sites for hydroxylation is 1. The fourth-order valence-corrected chi connectivity index (χ4v) is 2.31. The summed E-state index contributed by atoms with van der Waals surface area (Å²) in [6.07, 6.45) is 0.444. The molecule has 6 nitrogen and oxygen atoms in total. The Morgan fingerprint density at radius 2 is 1.69 bits per heavy atom. The molecule has 0 atom stereocenters. The van der Waals surface area contributed by atoms with Crippen LogP contribution in [0.1, 0.15) is 36.2 Å². The van der Waals surface area contributed by atoms with Crippen LogP contribution >= 0.6 is 0 Å². The highest BCUT2D eigenvalue weighted by Gasteiger charge is 2.08. The number of benzene rings is 2. The van der Waals surface area contributed by atoms with Crippen LogP contribution in [0.4, 0.5) is 11.4 Å². The number of hydrogen-bond donors (Lipinski definition) is 2. The molecule has 0 fully saturated rings. The molecule has 0 radical (unpaired) electrons. The molecule has 2 N–H and O–H groups in total. The van der Waals surface area contributed by atoms with Crippen LogP contribution in [0.15, 0.2) is 42.5 Å². The Bertz CT molecular complexity index is 813. The van der Waals surface area contributed by atoms with Crippen molar-refractivity contribution >= 4 is 29.0 Å². The lowest BCUT2D eigenvalue weighted by Crippen LogP contribution is -2.21. The lowest BCUT2D eigenvalue weighted by molar-refractivity contribution is -0.118. The third kappa shape index (κ3) is 5.44. The van der Waals surface area contributed by atoms with Gasteiger partial charge < -0.3 is 15.4 Å². The SMILES string of the molecule is CCC(=O)c1ccc(OCC(=O)Nc2cc(NC(C)=O)ccc2C)cc1. The number of hydrogen-bond acceptors (Lipinski definition) is 4. The van der Waals surface area contributed by atoms with Crippen molar-refractivity contribution in [2.45, 2.75) is 27.2 Å². The lowest BCUT2D eigenvalue weighted by atomic mass is 10.1. The molecular formula is C20H22N2O4. The first-order valence-corrected chi connectivity index (χ1v) is 8.33. The van der Waals surface area contributed by atoms with E-state index in [9.17, 15) is 14.4 Å². The quantitative estimate of drug-likeness (QED) is 0.745. The van der Waals surface area contributed by atoms with Gasteiger partial charge in [0, 0.05) is 30.3 Å². The molecule has 0 heterocycles. The topological polar surface area (TPSA) is 84.5 Å². The van der Waals surface area contributed by atoms with E-state index in [1.54, 1.807) is 43.3 Å². The van der Waals surface area contributed by atoms with Gasteiger partial charge in [0.05, 0.1) is 0 Å². The molecule has 0 aliphatic carbocycles. The summed E-state index contributed by atoms with van der Waals surface area (Å²) in [5.74, 6) is 0.0709. The van der Waals surface area contributed by atoms with E-state index < -0.39 is 0 Å². The Labute approximate surface area is 152 Å². The van der Waals surface area contributed by atoms with Gasteiger partial charge in [0.25, 0.3) is 5.91 Å². The Kier molecular flexibility index (Phi) is 6.49. The molecule has 2 aromatic rings. The van der Waals surface area contributed by atoms with Gasteiger partial charge in [-0.3, -0.25) is 14.4 Å². The summed E-state index contributed by atoms with van der Waals surface area (Å²) in [5, 5.41) is 5.44. The van der Waals surface area contributed by atoms with Crippen LogP contribution < -0.4 is 15.4 Å². The number of nitrogens with one attached hydrogen (secondary N) is 2. The minimum Gasteiger partial charge on any atom is -0.484 e. The molecular weight excluding hydrogens is 332 g/mol. The van der Waals surface area contributed by atoms with Crippen molar-refractivity contribution in [3.63, 3.8) is 0 Å². The predicted molar refractivity (Wildman–Crippen MR) is 101 cm³/mol. The van der Waals surface area contributed by atoms with Gasteiger partial charge >= 0.3 is 0 Å². The first-order valence-electron chi connectivity index (χ1n) is 8.33. The summed E-state index contributed by atoms with van der Waals surface area (Å²) in [7, 11) is 0. The van der Waals surface area contributed by atoms with Crippen LogP contribution in [-0.4, -0.2) is 24.2 Å². The smallest absolute Gasteiger partial charge is 0.262 e. The van der Waals surface area contributed by atoms with E-state index in [2.05, 4.69) is 10.6 Å². The molecule has 0 spiro atoms. The predicted octanol–water partition coefficient (Wildman–Crippen LogP) is 3.56. The van der Waals surface area contributed by atoms with E-state index in [4.69, 9.17) is 4.74 Å². The maximum atomic E-state index is 12.1. The normalized spacial score (nSPS) is 10.1. The van der Waals surface area contributed by atoms with Gasteiger partial charge in [-0.2, -0.15) is 0 Å². The molecule has 2 rings (SSSR count). The first-order chi connectivity index (χ1) is 12.4. The Balaban J connectivity index is 1.94. The van der Waals surface area contributed by atoms with Crippen molar-refractivity contribution in [2.24, 2.45) is 0 Å². The molecule has 0 saturated carbocycles. The third-order valence-corrected chi connectivity index (χ3v) is 3.70. The van der Waals surface area contributed by atoms with E-state index in [0.717, 1.165) is 5.56 Å². The summed E-state index contributed by atoms with van der Waals surface area (Å²) in [5.41, 5.74) is 2.70. The molecule has 2 amide bonds. The standard InChI is InChI=1S/C20H22N2O4/c1-4-19(24)15-6-9-17(10-7-15)26-12-20(25)22-18-11-16(21-14(3)23)8-5-13(18)2/h5-11H,4,12H2,1-3H3,(H,21,23)(H,22,25). The molecule has 2 aromatic carbocycles. The van der Waals surface area contributed by atoms with Crippen molar-refractivity contribution in [1.82, 2.24) is 0 Å². The molecule has 26 heavy (non-hydrogen) atoms. The number of rotatable bonds is 7. The zero-order valence-electron chi connectivity index (χ0n) is 15.1. The largest absolute Gasteiger partial charge is 0.484 e. The van der Waals surface area contributed by atoms with Gasteiger partial charge in [0.15, 0.2) is 12.4 Å². The summed E-state index contributed by atoms with van der Waals surface area (Å²) in [6.45, 7) is 4.92. The Hall–Kier alpha value is -3.15.